The second-order valence-corrected chi connectivity index (χ2v) is 8.54. The van der Waals surface area contributed by atoms with Crippen LogP contribution in [0.3, 0.4) is 0 Å². The molecule has 9 heteroatoms. The smallest absolute Gasteiger partial charge is 0.255 e. The average Bonchev–Trinajstić information content (AvgIpc) is 3.21. The molecule has 0 bridgehead atoms. The van der Waals surface area contributed by atoms with Gasteiger partial charge in [-0.25, -0.2) is 9.07 Å². The highest BCUT2D eigenvalue weighted by Gasteiger charge is 2.21. The molecule has 0 fully saturated rings. The number of amides is 2. The Morgan fingerprint density at radius 2 is 1.82 bits per heavy atom. The number of hydrogen-bond acceptors (Lipinski definition) is 5. The predicted molar refractivity (Wildman–Crippen MR) is 128 cm³/mol. The molecule has 0 unspecified atom stereocenters. The van der Waals surface area contributed by atoms with Gasteiger partial charge in [-0.15, -0.1) is 0 Å². The van der Waals surface area contributed by atoms with Crippen molar-refractivity contribution in [3.8, 4) is 17.2 Å². The van der Waals surface area contributed by atoms with E-state index in [9.17, 15) is 14.0 Å². The quantitative estimate of drug-likeness (QED) is 0.491. The molecule has 3 aromatic rings. The molecular weight excluding hydrogens is 439 g/mol. The third-order valence-electron chi connectivity index (χ3n) is 4.79. The molecule has 3 rings (SSSR count). The Kier molecular flexibility index (Phi) is 7.35. The average molecular weight is 467 g/mol. The van der Waals surface area contributed by atoms with Crippen molar-refractivity contribution in [1.29, 1.82) is 0 Å². The van der Waals surface area contributed by atoms with Crippen LogP contribution in [0.15, 0.2) is 54.6 Å². The van der Waals surface area contributed by atoms with E-state index < -0.39 is 5.91 Å². The first-order chi connectivity index (χ1) is 16.1. The number of anilines is 1. The van der Waals surface area contributed by atoms with Crippen LogP contribution in [0.4, 0.5) is 10.2 Å². The van der Waals surface area contributed by atoms with Crippen LogP contribution < -0.4 is 20.5 Å². The second-order valence-electron chi connectivity index (χ2n) is 8.54. The number of ether oxygens (including phenoxy) is 2. The normalized spacial score (nSPS) is 11.4. The number of methoxy groups -OCH3 is 1. The zero-order valence-corrected chi connectivity index (χ0v) is 19.5. The standard InChI is InChI=1S/C25H27FN4O4/c1-25(2,3)21-14-23(30(29-21)18-9-7-17(26)8-10-18)28-24(32)12-6-16-5-11-19(20(13-16)33-4)34-15-22(27)31/h5-14H,15H2,1-4H3,(H2,27,31)(H,28,32)/b12-6+. The van der Waals surface area contributed by atoms with Crippen molar-refractivity contribution in [3.05, 3.63) is 71.7 Å². The van der Waals surface area contributed by atoms with Crippen molar-refractivity contribution in [2.75, 3.05) is 19.0 Å². The van der Waals surface area contributed by atoms with Crippen LogP contribution >= 0.6 is 0 Å². The van der Waals surface area contributed by atoms with E-state index >= 15 is 0 Å². The summed E-state index contributed by atoms with van der Waals surface area (Å²) in [7, 11) is 1.47. The van der Waals surface area contributed by atoms with Crippen molar-refractivity contribution < 1.29 is 23.5 Å². The van der Waals surface area contributed by atoms with Gasteiger partial charge < -0.3 is 20.5 Å². The number of benzene rings is 2. The maximum atomic E-state index is 13.4. The predicted octanol–water partition coefficient (Wildman–Crippen LogP) is 3.83. The molecule has 0 radical (unpaired) electrons. The van der Waals surface area contributed by atoms with Gasteiger partial charge in [0.1, 0.15) is 11.6 Å². The summed E-state index contributed by atoms with van der Waals surface area (Å²) in [5.41, 5.74) is 6.92. The van der Waals surface area contributed by atoms with Crippen molar-refractivity contribution in [3.63, 3.8) is 0 Å². The van der Waals surface area contributed by atoms with Crippen molar-refractivity contribution in [1.82, 2.24) is 9.78 Å². The number of nitrogens with two attached hydrogens (primary N) is 1. The van der Waals surface area contributed by atoms with E-state index in [1.54, 1.807) is 47.2 Å². The van der Waals surface area contributed by atoms with Crippen LogP contribution in [0.5, 0.6) is 11.5 Å². The highest BCUT2D eigenvalue weighted by atomic mass is 19.1. The molecule has 1 aromatic heterocycles. The van der Waals surface area contributed by atoms with Crippen LogP contribution in [-0.2, 0) is 15.0 Å². The minimum Gasteiger partial charge on any atom is -0.493 e. The van der Waals surface area contributed by atoms with E-state index in [0.29, 0.717) is 28.6 Å². The van der Waals surface area contributed by atoms with Crippen molar-refractivity contribution in [2.45, 2.75) is 26.2 Å². The molecule has 0 aliphatic heterocycles. The number of carbonyl (C=O) groups is 2. The molecule has 2 amide bonds. The number of nitrogens with zero attached hydrogens (tertiary/aromatic N) is 2. The summed E-state index contributed by atoms with van der Waals surface area (Å²) in [6, 6.07) is 12.7. The number of nitrogens with one attached hydrogen (secondary N) is 1. The number of hydrogen-bond donors (Lipinski definition) is 2. The van der Waals surface area contributed by atoms with Crippen LogP contribution in [-0.4, -0.2) is 35.3 Å². The summed E-state index contributed by atoms with van der Waals surface area (Å²) in [6.07, 6.45) is 2.98. The van der Waals surface area contributed by atoms with Gasteiger partial charge in [-0.2, -0.15) is 5.10 Å². The number of carbonyl (C=O) groups excluding carboxylic acids is 2. The molecule has 178 valence electrons. The van der Waals surface area contributed by atoms with Crippen LogP contribution in [0.2, 0.25) is 0 Å². The number of aromatic nitrogens is 2. The molecule has 0 aliphatic carbocycles. The Labute approximate surface area is 197 Å². The lowest BCUT2D eigenvalue weighted by Crippen LogP contribution is -2.20. The fourth-order valence-electron chi connectivity index (χ4n) is 3.01. The Hall–Kier alpha value is -4.14. The van der Waals surface area contributed by atoms with Crippen LogP contribution in [0.1, 0.15) is 32.0 Å². The van der Waals surface area contributed by atoms with Gasteiger partial charge in [0.05, 0.1) is 18.5 Å². The molecule has 8 nitrogen and oxygen atoms in total. The monoisotopic (exact) mass is 466 g/mol. The highest BCUT2D eigenvalue weighted by molar-refractivity contribution is 6.01. The third-order valence-corrected chi connectivity index (χ3v) is 4.79. The van der Waals surface area contributed by atoms with Gasteiger partial charge in [-0.1, -0.05) is 26.8 Å². The fraction of sp³-hybridized carbons (Fsp3) is 0.240. The van der Waals surface area contributed by atoms with E-state index in [4.69, 9.17) is 15.2 Å². The Bertz CT molecular complexity index is 1210. The van der Waals surface area contributed by atoms with E-state index in [2.05, 4.69) is 10.4 Å². The molecule has 2 aromatic carbocycles. The molecule has 0 atom stereocenters. The lowest BCUT2D eigenvalue weighted by atomic mass is 9.92. The van der Waals surface area contributed by atoms with Gasteiger partial charge in [-0.3, -0.25) is 9.59 Å². The molecule has 34 heavy (non-hydrogen) atoms. The highest BCUT2D eigenvalue weighted by Crippen LogP contribution is 2.29. The third kappa shape index (κ3) is 6.22. The molecule has 1 heterocycles. The topological polar surface area (TPSA) is 108 Å². The fourth-order valence-corrected chi connectivity index (χ4v) is 3.01. The number of halogens is 1. The molecule has 3 N–H and O–H groups in total. The van der Waals surface area contributed by atoms with E-state index in [1.807, 2.05) is 20.8 Å². The minimum atomic E-state index is -0.600. The second kappa shape index (κ2) is 10.2. The van der Waals surface area contributed by atoms with E-state index in [1.165, 1.54) is 25.3 Å². The zero-order chi connectivity index (χ0) is 24.9. The van der Waals surface area contributed by atoms with Gasteiger partial charge in [0, 0.05) is 17.6 Å². The summed E-state index contributed by atoms with van der Waals surface area (Å²) < 4.78 is 25.5. The molecule has 0 saturated carbocycles. The summed E-state index contributed by atoms with van der Waals surface area (Å²) >= 11 is 0. The molecule has 0 spiro atoms. The lowest BCUT2D eigenvalue weighted by Gasteiger charge is -2.14. The van der Waals surface area contributed by atoms with Gasteiger partial charge >= 0.3 is 0 Å². The Morgan fingerprint density at radius 3 is 2.44 bits per heavy atom. The number of primary amides is 1. The minimum absolute atomic E-state index is 0.254. The summed E-state index contributed by atoms with van der Waals surface area (Å²) in [5, 5.41) is 7.44. The van der Waals surface area contributed by atoms with Crippen LogP contribution in [0, 0.1) is 5.82 Å². The maximum Gasteiger partial charge on any atom is 0.255 e. The van der Waals surface area contributed by atoms with Gasteiger partial charge in [0.2, 0.25) is 5.91 Å². The van der Waals surface area contributed by atoms with Gasteiger partial charge in [0.25, 0.3) is 5.91 Å². The molecular formula is C25H27FN4O4. The molecule has 0 aliphatic rings. The summed E-state index contributed by atoms with van der Waals surface area (Å²) in [5.74, 6) is -0.122. The van der Waals surface area contributed by atoms with E-state index in [0.717, 1.165) is 5.69 Å². The van der Waals surface area contributed by atoms with Crippen molar-refractivity contribution >= 4 is 23.7 Å². The van der Waals surface area contributed by atoms with Crippen molar-refractivity contribution in [2.24, 2.45) is 5.73 Å². The van der Waals surface area contributed by atoms with Gasteiger partial charge in [-0.05, 0) is 48.0 Å². The largest absolute Gasteiger partial charge is 0.493 e. The first kappa shape index (κ1) is 24.5. The summed E-state index contributed by atoms with van der Waals surface area (Å²) in [6.45, 7) is 5.77. The van der Waals surface area contributed by atoms with E-state index in [-0.39, 0.29) is 23.7 Å². The lowest BCUT2D eigenvalue weighted by molar-refractivity contribution is -0.120. The molecule has 0 saturated heterocycles. The Balaban J connectivity index is 1.81. The number of rotatable bonds is 8. The first-order valence-electron chi connectivity index (χ1n) is 10.5. The SMILES string of the molecule is COc1cc(/C=C/C(=O)Nc2cc(C(C)(C)C)nn2-c2ccc(F)cc2)ccc1OCC(N)=O. The zero-order valence-electron chi connectivity index (χ0n) is 19.5. The van der Waals surface area contributed by atoms with Gasteiger partial charge in [0.15, 0.2) is 18.1 Å². The first-order valence-corrected chi connectivity index (χ1v) is 10.5. The maximum absolute atomic E-state index is 13.4. The summed E-state index contributed by atoms with van der Waals surface area (Å²) in [4.78, 5) is 23.6. The van der Waals surface area contributed by atoms with Crippen LogP contribution in [0.25, 0.3) is 11.8 Å². The Morgan fingerprint density at radius 1 is 1.12 bits per heavy atom.